The van der Waals surface area contributed by atoms with Crippen molar-refractivity contribution in [1.29, 1.82) is 0 Å². The standard InChI is InChI=1S/C20H16Br2O/c1-2-13-10-15(16-11-18(21)20(23)19(22)12-16)8-9-17(13)14-6-4-3-5-7-14/h3-12,23H,2H2,1H3. The predicted octanol–water partition coefficient (Wildman–Crippen LogP) is 6.81. The molecule has 0 aliphatic carbocycles. The van der Waals surface area contributed by atoms with Crippen LogP contribution in [-0.2, 0) is 6.42 Å². The highest BCUT2D eigenvalue weighted by atomic mass is 79.9. The van der Waals surface area contributed by atoms with Crippen molar-refractivity contribution in [3.05, 3.63) is 75.2 Å². The Kier molecular flexibility index (Phi) is 4.88. The van der Waals surface area contributed by atoms with E-state index in [4.69, 9.17) is 0 Å². The Morgan fingerprint density at radius 1 is 0.783 bits per heavy atom. The van der Waals surface area contributed by atoms with E-state index in [9.17, 15) is 5.11 Å². The van der Waals surface area contributed by atoms with Crippen LogP contribution in [0.5, 0.6) is 5.75 Å². The number of benzene rings is 3. The van der Waals surface area contributed by atoms with Crippen LogP contribution in [0.2, 0.25) is 0 Å². The molecule has 3 heteroatoms. The third-order valence-corrected chi connectivity index (χ3v) is 5.13. The smallest absolute Gasteiger partial charge is 0.143 e. The van der Waals surface area contributed by atoms with Crippen molar-refractivity contribution in [2.24, 2.45) is 0 Å². The molecule has 0 heterocycles. The molecular formula is C20H16Br2O. The molecule has 0 fully saturated rings. The minimum absolute atomic E-state index is 0.227. The minimum atomic E-state index is 0.227. The largest absolute Gasteiger partial charge is 0.506 e. The van der Waals surface area contributed by atoms with Crippen LogP contribution >= 0.6 is 31.9 Å². The number of rotatable bonds is 3. The van der Waals surface area contributed by atoms with E-state index in [0.29, 0.717) is 8.95 Å². The first-order chi connectivity index (χ1) is 11.1. The Morgan fingerprint density at radius 2 is 1.43 bits per heavy atom. The molecule has 3 aromatic carbocycles. The molecule has 0 aromatic heterocycles. The van der Waals surface area contributed by atoms with Gasteiger partial charge in [-0.3, -0.25) is 0 Å². The Balaban J connectivity index is 2.10. The minimum Gasteiger partial charge on any atom is -0.506 e. The fourth-order valence-electron chi connectivity index (χ4n) is 2.70. The van der Waals surface area contributed by atoms with Gasteiger partial charge in [-0.15, -0.1) is 0 Å². The summed E-state index contributed by atoms with van der Waals surface area (Å²) in [5, 5.41) is 9.88. The second-order valence-corrected chi connectivity index (χ2v) is 7.09. The Bertz CT molecular complexity index is 819. The molecule has 1 nitrogen and oxygen atoms in total. The molecule has 0 saturated heterocycles. The van der Waals surface area contributed by atoms with E-state index in [-0.39, 0.29) is 5.75 Å². The van der Waals surface area contributed by atoms with Crippen LogP contribution in [0.1, 0.15) is 12.5 Å². The maximum atomic E-state index is 9.88. The maximum absolute atomic E-state index is 9.88. The van der Waals surface area contributed by atoms with Crippen LogP contribution in [0.15, 0.2) is 69.6 Å². The quantitative estimate of drug-likeness (QED) is 0.482. The molecule has 0 saturated carbocycles. The lowest BCUT2D eigenvalue weighted by Gasteiger charge is -2.12. The molecule has 0 aliphatic heterocycles. The summed E-state index contributed by atoms with van der Waals surface area (Å²) in [5.41, 5.74) is 6.03. The molecule has 0 amide bonds. The zero-order valence-electron chi connectivity index (χ0n) is 12.7. The lowest BCUT2D eigenvalue weighted by Crippen LogP contribution is -1.90. The first-order valence-corrected chi connectivity index (χ1v) is 9.05. The van der Waals surface area contributed by atoms with Gasteiger partial charge in [0.05, 0.1) is 8.95 Å². The molecule has 0 radical (unpaired) electrons. The van der Waals surface area contributed by atoms with Crippen molar-refractivity contribution < 1.29 is 5.11 Å². The number of aromatic hydroxyl groups is 1. The summed E-state index contributed by atoms with van der Waals surface area (Å²) in [6, 6.07) is 20.9. The number of hydrogen-bond acceptors (Lipinski definition) is 1. The van der Waals surface area contributed by atoms with E-state index in [1.807, 2.05) is 18.2 Å². The molecule has 0 aliphatic rings. The lowest BCUT2D eigenvalue weighted by atomic mass is 9.94. The third-order valence-electron chi connectivity index (χ3n) is 3.92. The lowest BCUT2D eigenvalue weighted by molar-refractivity contribution is 0.468. The van der Waals surface area contributed by atoms with Crippen molar-refractivity contribution in [2.45, 2.75) is 13.3 Å². The number of halogens is 2. The van der Waals surface area contributed by atoms with Gasteiger partial charge in [-0.1, -0.05) is 55.5 Å². The first kappa shape index (κ1) is 16.3. The zero-order valence-corrected chi connectivity index (χ0v) is 15.9. The van der Waals surface area contributed by atoms with Crippen LogP contribution in [0.4, 0.5) is 0 Å². The summed E-state index contributed by atoms with van der Waals surface area (Å²) in [6.07, 6.45) is 0.971. The van der Waals surface area contributed by atoms with Crippen molar-refractivity contribution >= 4 is 31.9 Å². The van der Waals surface area contributed by atoms with E-state index < -0.39 is 0 Å². The summed E-state index contributed by atoms with van der Waals surface area (Å²) < 4.78 is 1.37. The molecule has 3 rings (SSSR count). The highest BCUT2D eigenvalue weighted by molar-refractivity contribution is 9.11. The van der Waals surface area contributed by atoms with Gasteiger partial charge in [-0.2, -0.15) is 0 Å². The normalized spacial score (nSPS) is 10.7. The molecule has 0 atom stereocenters. The topological polar surface area (TPSA) is 20.2 Å². The van der Waals surface area contributed by atoms with Gasteiger partial charge in [0, 0.05) is 0 Å². The molecule has 3 aromatic rings. The Morgan fingerprint density at radius 3 is 2.04 bits per heavy atom. The first-order valence-electron chi connectivity index (χ1n) is 7.47. The number of aryl methyl sites for hydroxylation is 1. The van der Waals surface area contributed by atoms with Crippen LogP contribution in [0, 0.1) is 0 Å². The predicted molar refractivity (Wildman–Crippen MR) is 104 cm³/mol. The highest BCUT2D eigenvalue weighted by Gasteiger charge is 2.10. The van der Waals surface area contributed by atoms with Crippen LogP contribution < -0.4 is 0 Å². The van der Waals surface area contributed by atoms with Crippen LogP contribution in [0.25, 0.3) is 22.3 Å². The average molecular weight is 432 g/mol. The van der Waals surface area contributed by atoms with E-state index in [0.717, 1.165) is 17.5 Å². The zero-order chi connectivity index (χ0) is 16.4. The van der Waals surface area contributed by atoms with Gasteiger partial charge in [-0.05, 0) is 78.2 Å². The van der Waals surface area contributed by atoms with Gasteiger partial charge >= 0.3 is 0 Å². The van der Waals surface area contributed by atoms with Crippen LogP contribution in [0.3, 0.4) is 0 Å². The van der Waals surface area contributed by atoms with Crippen molar-refractivity contribution in [1.82, 2.24) is 0 Å². The van der Waals surface area contributed by atoms with Gasteiger partial charge in [0.1, 0.15) is 5.75 Å². The van der Waals surface area contributed by atoms with Gasteiger partial charge in [-0.25, -0.2) is 0 Å². The van der Waals surface area contributed by atoms with Gasteiger partial charge < -0.3 is 5.11 Å². The van der Waals surface area contributed by atoms with E-state index in [1.165, 1.54) is 16.7 Å². The molecule has 0 unspecified atom stereocenters. The van der Waals surface area contributed by atoms with E-state index in [1.54, 1.807) is 0 Å². The average Bonchev–Trinajstić information content (AvgIpc) is 2.59. The number of phenols is 1. The third kappa shape index (κ3) is 3.36. The number of phenolic OH excluding ortho intramolecular Hbond substituents is 1. The second kappa shape index (κ2) is 6.90. The summed E-state index contributed by atoms with van der Waals surface area (Å²) in [4.78, 5) is 0. The fraction of sp³-hybridized carbons (Fsp3) is 0.100. The summed E-state index contributed by atoms with van der Waals surface area (Å²) in [5.74, 6) is 0.227. The molecule has 1 N–H and O–H groups in total. The summed E-state index contributed by atoms with van der Waals surface area (Å²) in [6.45, 7) is 2.17. The van der Waals surface area contributed by atoms with E-state index >= 15 is 0 Å². The van der Waals surface area contributed by atoms with Gasteiger partial charge in [0.15, 0.2) is 0 Å². The molecule has 116 valence electrons. The van der Waals surface area contributed by atoms with Crippen molar-refractivity contribution in [2.75, 3.05) is 0 Å². The summed E-state index contributed by atoms with van der Waals surface area (Å²) >= 11 is 6.80. The van der Waals surface area contributed by atoms with E-state index in [2.05, 4.69) is 81.2 Å². The fourth-order valence-corrected chi connectivity index (χ4v) is 3.88. The maximum Gasteiger partial charge on any atom is 0.143 e. The van der Waals surface area contributed by atoms with Gasteiger partial charge in [0.2, 0.25) is 0 Å². The molecular weight excluding hydrogens is 416 g/mol. The Labute approximate surface area is 153 Å². The Hall–Kier alpha value is -1.58. The van der Waals surface area contributed by atoms with Gasteiger partial charge in [0.25, 0.3) is 0 Å². The molecule has 0 spiro atoms. The summed E-state index contributed by atoms with van der Waals surface area (Å²) in [7, 11) is 0. The monoisotopic (exact) mass is 430 g/mol. The SMILES string of the molecule is CCc1cc(-c2cc(Br)c(O)c(Br)c2)ccc1-c1ccccc1. The highest BCUT2D eigenvalue weighted by Crippen LogP contribution is 2.38. The second-order valence-electron chi connectivity index (χ2n) is 5.38. The van der Waals surface area contributed by atoms with Crippen LogP contribution in [-0.4, -0.2) is 5.11 Å². The molecule has 0 bridgehead atoms. The molecule has 23 heavy (non-hydrogen) atoms. The van der Waals surface area contributed by atoms with Crippen molar-refractivity contribution in [3.63, 3.8) is 0 Å². The number of hydrogen-bond donors (Lipinski definition) is 1. The van der Waals surface area contributed by atoms with Crippen molar-refractivity contribution in [3.8, 4) is 28.0 Å².